The van der Waals surface area contributed by atoms with Crippen LogP contribution >= 0.6 is 0 Å². The van der Waals surface area contributed by atoms with Crippen LogP contribution in [0.25, 0.3) is 11.1 Å². The van der Waals surface area contributed by atoms with E-state index in [1.807, 2.05) is 25.1 Å². The molecule has 4 nitrogen and oxygen atoms in total. The molecule has 0 aliphatic heterocycles. The molecule has 0 unspecified atom stereocenters. The first kappa shape index (κ1) is 16.0. The van der Waals surface area contributed by atoms with Gasteiger partial charge in [0.2, 0.25) is 0 Å². The summed E-state index contributed by atoms with van der Waals surface area (Å²) in [7, 11) is -1.78. The fourth-order valence-corrected chi connectivity index (χ4v) is 3.03. The van der Waals surface area contributed by atoms with Crippen LogP contribution in [0.4, 0.5) is 0 Å². The average Bonchev–Trinajstić information content (AvgIpc) is 2.63. The lowest BCUT2D eigenvalue weighted by molar-refractivity contribution is 0.268. The molecule has 0 N–H and O–H groups in total. The van der Waals surface area contributed by atoms with E-state index in [-0.39, 0.29) is 10.8 Å². The minimum absolute atomic E-state index is 0.174. The van der Waals surface area contributed by atoms with Gasteiger partial charge in [-0.25, -0.2) is 4.79 Å². The van der Waals surface area contributed by atoms with Crippen LogP contribution in [0.2, 0.25) is 18.1 Å². The van der Waals surface area contributed by atoms with Crippen molar-refractivity contribution in [1.82, 2.24) is 4.57 Å². The van der Waals surface area contributed by atoms with E-state index in [0.717, 1.165) is 11.1 Å². The molecule has 116 valence electrons. The highest BCUT2D eigenvalue weighted by atomic mass is 28.4. The standard InChI is InChI=1S/C16H25NO3Si/c1-12-7-8-13-14(11-12)20-15(18)17(13)9-10-19-21(5,6)16(2,3)4/h7-8,11H,9-10H2,1-6H3. The van der Waals surface area contributed by atoms with Gasteiger partial charge in [0.15, 0.2) is 13.9 Å². The smallest absolute Gasteiger partial charge is 0.415 e. The van der Waals surface area contributed by atoms with Crippen LogP contribution in [-0.2, 0) is 11.0 Å². The molecule has 0 aliphatic rings. The van der Waals surface area contributed by atoms with Crippen molar-refractivity contribution in [3.63, 3.8) is 0 Å². The van der Waals surface area contributed by atoms with Gasteiger partial charge in [-0.3, -0.25) is 4.57 Å². The summed E-state index contributed by atoms with van der Waals surface area (Å²) in [6.45, 7) is 14.1. The van der Waals surface area contributed by atoms with Gasteiger partial charge in [0.05, 0.1) is 18.7 Å². The van der Waals surface area contributed by atoms with Crippen LogP contribution in [0.3, 0.4) is 0 Å². The van der Waals surface area contributed by atoms with Crippen LogP contribution in [-0.4, -0.2) is 19.5 Å². The Morgan fingerprint density at radius 2 is 1.95 bits per heavy atom. The second-order valence-electron chi connectivity index (χ2n) is 7.10. The molecule has 0 aliphatic carbocycles. The number of hydrogen-bond donors (Lipinski definition) is 0. The van der Waals surface area contributed by atoms with E-state index in [1.165, 1.54) is 0 Å². The highest BCUT2D eigenvalue weighted by Crippen LogP contribution is 2.36. The van der Waals surface area contributed by atoms with Gasteiger partial charge in [-0.15, -0.1) is 0 Å². The van der Waals surface area contributed by atoms with E-state index < -0.39 is 8.32 Å². The van der Waals surface area contributed by atoms with E-state index in [9.17, 15) is 4.79 Å². The Hall–Kier alpha value is -1.33. The van der Waals surface area contributed by atoms with Gasteiger partial charge in [-0.2, -0.15) is 0 Å². The van der Waals surface area contributed by atoms with Gasteiger partial charge in [-0.05, 0) is 42.8 Å². The van der Waals surface area contributed by atoms with E-state index in [1.54, 1.807) is 4.57 Å². The topological polar surface area (TPSA) is 44.4 Å². The van der Waals surface area contributed by atoms with Crippen LogP contribution in [0.5, 0.6) is 0 Å². The van der Waals surface area contributed by atoms with Gasteiger partial charge >= 0.3 is 5.76 Å². The fraction of sp³-hybridized carbons (Fsp3) is 0.562. The number of rotatable bonds is 4. The second-order valence-corrected chi connectivity index (χ2v) is 11.9. The van der Waals surface area contributed by atoms with Crippen molar-refractivity contribution >= 4 is 19.4 Å². The number of hydrogen-bond acceptors (Lipinski definition) is 3. The summed E-state index contributed by atoms with van der Waals surface area (Å²) in [6.07, 6.45) is 0. The molecule has 0 fully saturated rings. The Kier molecular flexibility index (Phi) is 4.17. The molecule has 0 radical (unpaired) electrons. The molecule has 0 amide bonds. The quantitative estimate of drug-likeness (QED) is 0.804. The largest absolute Gasteiger partial charge is 0.420 e. The first-order chi connectivity index (χ1) is 9.62. The molecule has 5 heteroatoms. The van der Waals surface area contributed by atoms with Crippen molar-refractivity contribution in [2.45, 2.75) is 52.4 Å². The Morgan fingerprint density at radius 3 is 2.57 bits per heavy atom. The maximum Gasteiger partial charge on any atom is 0.420 e. The highest BCUT2D eigenvalue weighted by molar-refractivity contribution is 6.74. The van der Waals surface area contributed by atoms with Crippen LogP contribution in [0.15, 0.2) is 27.4 Å². The number of nitrogens with zero attached hydrogens (tertiary/aromatic N) is 1. The summed E-state index contributed by atoms with van der Waals surface area (Å²) in [5, 5.41) is 0.174. The molecular formula is C16H25NO3Si. The molecule has 1 aromatic carbocycles. The molecule has 0 saturated carbocycles. The van der Waals surface area contributed by atoms with E-state index in [2.05, 4.69) is 33.9 Å². The first-order valence-electron chi connectivity index (χ1n) is 7.36. The van der Waals surface area contributed by atoms with Crippen molar-refractivity contribution in [3.8, 4) is 0 Å². The average molecular weight is 307 g/mol. The summed E-state index contributed by atoms with van der Waals surface area (Å²) < 4.78 is 13.1. The Bertz CT molecular complexity index is 692. The summed E-state index contributed by atoms with van der Waals surface area (Å²) in [4.78, 5) is 12.0. The maximum absolute atomic E-state index is 12.0. The normalized spacial score (nSPS) is 13.0. The minimum atomic E-state index is -1.78. The van der Waals surface area contributed by atoms with Crippen molar-refractivity contribution in [2.75, 3.05) is 6.61 Å². The molecular weight excluding hydrogens is 282 g/mol. The lowest BCUT2D eigenvalue weighted by Crippen LogP contribution is -2.41. The number of aromatic nitrogens is 1. The van der Waals surface area contributed by atoms with Crippen molar-refractivity contribution in [2.24, 2.45) is 0 Å². The zero-order valence-electron chi connectivity index (χ0n) is 13.8. The van der Waals surface area contributed by atoms with Crippen molar-refractivity contribution in [3.05, 3.63) is 34.3 Å². The van der Waals surface area contributed by atoms with Gasteiger partial charge in [0.25, 0.3) is 0 Å². The van der Waals surface area contributed by atoms with E-state index in [4.69, 9.17) is 8.84 Å². The highest BCUT2D eigenvalue weighted by Gasteiger charge is 2.36. The number of oxazole rings is 1. The Labute approximate surface area is 126 Å². The lowest BCUT2D eigenvalue weighted by atomic mass is 10.2. The molecule has 0 saturated heterocycles. The monoisotopic (exact) mass is 307 g/mol. The van der Waals surface area contributed by atoms with Gasteiger partial charge in [0.1, 0.15) is 0 Å². The first-order valence-corrected chi connectivity index (χ1v) is 10.3. The molecule has 2 aromatic rings. The lowest BCUT2D eigenvalue weighted by Gasteiger charge is -2.36. The fourth-order valence-electron chi connectivity index (χ4n) is 1.99. The molecule has 0 spiro atoms. The molecule has 0 atom stereocenters. The Morgan fingerprint density at radius 1 is 1.29 bits per heavy atom. The summed E-state index contributed by atoms with van der Waals surface area (Å²) in [5.41, 5.74) is 2.57. The predicted molar refractivity (Wildman–Crippen MR) is 88.4 cm³/mol. The molecule has 1 aromatic heterocycles. The SMILES string of the molecule is Cc1ccc2c(c1)oc(=O)n2CCO[Si](C)(C)C(C)(C)C. The molecule has 21 heavy (non-hydrogen) atoms. The number of fused-ring (bicyclic) bond motifs is 1. The minimum Gasteiger partial charge on any atom is -0.415 e. The third kappa shape index (κ3) is 3.30. The zero-order chi connectivity index (χ0) is 15.8. The molecule has 1 heterocycles. The van der Waals surface area contributed by atoms with E-state index in [0.29, 0.717) is 18.7 Å². The molecule has 2 rings (SSSR count). The number of aryl methyl sites for hydroxylation is 1. The van der Waals surface area contributed by atoms with Crippen LogP contribution in [0.1, 0.15) is 26.3 Å². The van der Waals surface area contributed by atoms with Crippen LogP contribution < -0.4 is 5.76 Å². The van der Waals surface area contributed by atoms with Gasteiger partial charge in [-0.1, -0.05) is 26.8 Å². The summed E-state index contributed by atoms with van der Waals surface area (Å²) in [5.74, 6) is -0.311. The van der Waals surface area contributed by atoms with Gasteiger partial charge in [0, 0.05) is 0 Å². The number of benzene rings is 1. The van der Waals surface area contributed by atoms with E-state index >= 15 is 0 Å². The summed E-state index contributed by atoms with van der Waals surface area (Å²) >= 11 is 0. The predicted octanol–water partition coefficient (Wildman–Crippen LogP) is 3.92. The third-order valence-electron chi connectivity index (χ3n) is 4.41. The Balaban J connectivity index is 2.15. The maximum atomic E-state index is 12.0. The van der Waals surface area contributed by atoms with Crippen molar-refractivity contribution in [1.29, 1.82) is 0 Å². The van der Waals surface area contributed by atoms with Gasteiger partial charge < -0.3 is 8.84 Å². The zero-order valence-corrected chi connectivity index (χ0v) is 14.8. The van der Waals surface area contributed by atoms with Crippen LogP contribution in [0, 0.1) is 6.92 Å². The second kappa shape index (κ2) is 5.46. The summed E-state index contributed by atoms with van der Waals surface area (Å²) in [6, 6.07) is 5.81. The molecule has 0 bridgehead atoms. The van der Waals surface area contributed by atoms with Crippen molar-refractivity contribution < 1.29 is 8.84 Å². The third-order valence-corrected chi connectivity index (χ3v) is 8.95.